The van der Waals surface area contributed by atoms with Crippen molar-refractivity contribution < 1.29 is 13.2 Å². The first kappa shape index (κ1) is 22.4. The molecule has 8 nitrogen and oxygen atoms in total. The fourth-order valence-electron chi connectivity index (χ4n) is 2.21. The molecule has 10 heteroatoms. The van der Waals surface area contributed by atoms with Crippen LogP contribution in [0.3, 0.4) is 0 Å². The van der Waals surface area contributed by atoms with Gasteiger partial charge >= 0.3 is 0 Å². The third kappa shape index (κ3) is 8.15. The number of amides is 1. The Labute approximate surface area is 155 Å². The Hall–Kier alpha value is -0.620. The van der Waals surface area contributed by atoms with E-state index in [1.54, 1.807) is 14.0 Å². The topological polar surface area (TPSA) is 103 Å². The molecule has 0 aromatic carbocycles. The zero-order valence-corrected chi connectivity index (χ0v) is 17.1. The molecule has 1 aliphatic rings. The van der Waals surface area contributed by atoms with Crippen LogP contribution < -0.4 is 15.4 Å². The molecule has 1 fully saturated rings. The van der Waals surface area contributed by atoms with E-state index in [4.69, 9.17) is 0 Å². The third-order valence-electron chi connectivity index (χ3n) is 3.53. The normalized spacial score (nSPS) is 18.5. The predicted molar refractivity (Wildman–Crippen MR) is 103 cm³/mol. The Balaban J connectivity index is 0.00000484. The van der Waals surface area contributed by atoms with Crippen LogP contribution in [-0.4, -0.2) is 70.2 Å². The molecule has 136 valence electrons. The zero-order valence-electron chi connectivity index (χ0n) is 14.0. The van der Waals surface area contributed by atoms with Crippen molar-refractivity contribution >= 4 is 45.9 Å². The van der Waals surface area contributed by atoms with Gasteiger partial charge in [-0.15, -0.1) is 24.0 Å². The van der Waals surface area contributed by atoms with Gasteiger partial charge in [0.05, 0.1) is 5.75 Å². The van der Waals surface area contributed by atoms with Crippen LogP contribution in [0.5, 0.6) is 0 Å². The van der Waals surface area contributed by atoms with Crippen molar-refractivity contribution in [3.8, 4) is 0 Å². The van der Waals surface area contributed by atoms with E-state index in [9.17, 15) is 13.2 Å². The fourth-order valence-corrected chi connectivity index (χ4v) is 2.82. The zero-order chi connectivity index (χ0) is 16.6. The van der Waals surface area contributed by atoms with Gasteiger partial charge in [-0.05, 0) is 13.3 Å². The van der Waals surface area contributed by atoms with E-state index in [1.807, 2.05) is 11.8 Å². The number of guanidine groups is 1. The van der Waals surface area contributed by atoms with Crippen molar-refractivity contribution in [2.45, 2.75) is 32.7 Å². The van der Waals surface area contributed by atoms with Gasteiger partial charge in [0.1, 0.15) is 0 Å². The van der Waals surface area contributed by atoms with Crippen LogP contribution in [0.25, 0.3) is 0 Å². The van der Waals surface area contributed by atoms with Gasteiger partial charge < -0.3 is 15.5 Å². The highest BCUT2D eigenvalue weighted by Crippen LogP contribution is 2.10. The standard InChI is InChI=1S/C13H27N5O3S.HI/c1-4-12(19)18-9-6-11(10-18)17-13(14-3)15-7-8-16-22(20,21)5-2;/h11,16H,4-10H2,1-3H3,(H2,14,15,17);1H. The second-order valence-corrected chi connectivity index (χ2v) is 7.22. The molecule has 0 saturated carbocycles. The van der Waals surface area contributed by atoms with Crippen molar-refractivity contribution in [3.63, 3.8) is 0 Å². The molecule has 23 heavy (non-hydrogen) atoms. The number of hydrogen-bond acceptors (Lipinski definition) is 4. The molecule has 1 aliphatic heterocycles. The Morgan fingerprint density at radius 2 is 2.00 bits per heavy atom. The fraction of sp³-hybridized carbons (Fsp3) is 0.846. The maximum atomic E-state index is 11.6. The van der Waals surface area contributed by atoms with Gasteiger partial charge in [0.25, 0.3) is 0 Å². The molecule has 0 aliphatic carbocycles. The van der Waals surface area contributed by atoms with Crippen LogP contribution in [0.15, 0.2) is 4.99 Å². The van der Waals surface area contributed by atoms with Gasteiger partial charge in [-0.2, -0.15) is 0 Å². The van der Waals surface area contributed by atoms with Crippen LogP contribution in [0.4, 0.5) is 0 Å². The van der Waals surface area contributed by atoms with Crippen LogP contribution in [0.2, 0.25) is 0 Å². The minimum atomic E-state index is -3.16. The molecule has 1 unspecified atom stereocenters. The van der Waals surface area contributed by atoms with Gasteiger partial charge in [0, 0.05) is 45.7 Å². The molecule has 0 bridgehead atoms. The summed E-state index contributed by atoms with van der Waals surface area (Å²) in [6.07, 6.45) is 1.41. The summed E-state index contributed by atoms with van der Waals surface area (Å²) in [5, 5.41) is 6.31. The molecule has 1 amide bonds. The summed E-state index contributed by atoms with van der Waals surface area (Å²) in [4.78, 5) is 17.6. The average molecular weight is 461 g/mol. The lowest BCUT2D eigenvalue weighted by Crippen LogP contribution is -2.46. The molecular formula is C13H28IN5O3S. The molecule has 0 spiro atoms. The number of sulfonamides is 1. The molecule has 1 atom stereocenters. The van der Waals surface area contributed by atoms with Gasteiger partial charge in [-0.1, -0.05) is 6.92 Å². The molecule has 0 radical (unpaired) electrons. The molecular weight excluding hydrogens is 433 g/mol. The number of carbonyl (C=O) groups is 1. The Morgan fingerprint density at radius 1 is 1.30 bits per heavy atom. The van der Waals surface area contributed by atoms with E-state index in [-0.39, 0.29) is 41.7 Å². The highest BCUT2D eigenvalue weighted by Gasteiger charge is 2.25. The average Bonchev–Trinajstić information content (AvgIpc) is 2.98. The van der Waals surface area contributed by atoms with Gasteiger partial charge in [0.2, 0.25) is 15.9 Å². The van der Waals surface area contributed by atoms with Crippen molar-refractivity contribution in [2.24, 2.45) is 4.99 Å². The van der Waals surface area contributed by atoms with Crippen LogP contribution in [-0.2, 0) is 14.8 Å². The lowest BCUT2D eigenvalue weighted by atomic mass is 10.3. The monoisotopic (exact) mass is 461 g/mol. The summed E-state index contributed by atoms with van der Waals surface area (Å²) in [6, 6.07) is 0.175. The van der Waals surface area contributed by atoms with E-state index in [0.29, 0.717) is 32.0 Å². The molecule has 0 aromatic rings. The lowest BCUT2D eigenvalue weighted by Gasteiger charge is -2.18. The number of hydrogen-bond donors (Lipinski definition) is 3. The summed E-state index contributed by atoms with van der Waals surface area (Å²) in [5.41, 5.74) is 0. The molecule has 0 aromatic heterocycles. The third-order valence-corrected chi connectivity index (χ3v) is 4.93. The van der Waals surface area contributed by atoms with Crippen LogP contribution in [0.1, 0.15) is 26.7 Å². The number of nitrogens with one attached hydrogen (secondary N) is 3. The van der Waals surface area contributed by atoms with Gasteiger partial charge in [-0.3, -0.25) is 9.79 Å². The quantitative estimate of drug-likeness (QED) is 0.210. The number of aliphatic imine (C=N–C) groups is 1. The largest absolute Gasteiger partial charge is 0.355 e. The van der Waals surface area contributed by atoms with E-state index >= 15 is 0 Å². The van der Waals surface area contributed by atoms with Crippen LogP contribution in [0, 0.1) is 0 Å². The van der Waals surface area contributed by atoms with Crippen molar-refractivity contribution in [1.82, 2.24) is 20.3 Å². The Kier molecular flexibility index (Phi) is 10.7. The highest BCUT2D eigenvalue weighted by atomic mass is 127. The van der Waals surface area contributed by atoms with E-state index in [1.165, 1.54) is 0 Å². The molecule has 1 rings (SSSR count). The van der Waals surface area contributed by atoms with Crippen molar-refractivity contribution in [3.05, 3.63) is 0 Å². The Bertz CT molecular complexity index is 498. The van der Waals surface area contributed by atoms with E-state index < -0.39 is 10.0 Å². The summed E-state index contributed by atoms with van der Waals surface area (Å²) in [6.45, 7) is 5.65. The predicted octanol–water partition coefficient (Wildman–Crippen LogP) is -0.280. The number of nitrogens with zero attached hydrogens (tertiary/aromatic N) is 2. The minimum Gasteiger partial charge on any atom is -0.355 e. The summed E-state index contributed by atoms with van der Waals surface area (Å²) < 4.78 is 25.1. The van der Waals surface area contributed by atoms with E-state index in [2.05, 4.69) is 20.3 Å². The highest BCUT2D eigenvalue weighted by molar-refractivity contribution is 14.0. The number of halogens is 1. The van der Waals surface area contributed by atoms with Crippen molar-refractivity contribution in [2.75, 3.05) is 39.0 Å². The first-order valence-electron chi connectivity index (χ1n) is 7.64. The molecule has 1 saturated heterocycles. The van der Waals surface area contributed by atoms with Crippen LogP contribution >= 0.6 is 24.0 Å². The minimum absolute atomic E-state index is 0. The van der Waals surface area contributed by atoms with Crippen molar-refractivity contribution in [1.29, 1.82) is 0 Å². The number of rotatable bonds is 7. The van der Waals surface area contributed by atoms with Gasteiger partial charge in [-0.25, -0.2) is 13.1 Å². The van der Waals surface area contributed by atoms with Gasteiger partial charge in [0.15, 0.2) is 5.96 Å². The van der Waals surface area contributed by atoms with E-state index in [0.717, 1.165) is 13.0 Å². The summed E-state index contributed by atoms with van der Waals surface area (Å²) >= 11 is 0. The Morgan fingerprint density at radius 3 is 2.57 bits per heavy atom. The number of likely N-dealkylation sites (tertiary alicyclic amines) is 1. The first-order chi connectivity index (χ1) is 10.4. The number of carbonyl (C=O) groups excluding carboxylic acids is 1. The molecule has 3 N–H and O–H groups in total. The first-order valence-corrected chi connectivity index (χ1v) is 9.29. The summed E-state index contributed by atoms with van der Waals surface area (Å²) in [5.74, 6) is 0.858. The lowest BCUT2D eigenvalue weighted by molar-refractivity contribution is -0.129. The molecule has 1 heterocycles. The SMILES string of the molecule is CCC(=O)N1CCC(NC(=NC)NCCNS(=O)(=O)CC)C1.I. The maximum Gasteiger partial charge on any atom is 0.222 e. The summed E-state index contributed by atoms with van der Waals surface area (Å²) in [7, 11) is -1.50. The second-order valence-electron chi connectivity index (χ2n) is 5.12. The maximum absolute atomic E-state index is 11.6. The smallest absolute Gasteiger partial charge is 0.222 e. The second kappa shape index (κ2) is 11.0.